The zero-order valence-corrected chi connectivity index (χ0v) is 18.5. The summed E-state index contributed by atoms with van der Waals surface area (Å²) in [7, 11) is 0. The van der Waals surface area contributed by atoms with Crippen molar-refractivity contribution in [2.45, 2.75) is 26.7 Å². The van der Waals surface area contributed by atoms with Crippen molar-refractivity contribution in [2.75, 3.05) is 25.1 Å². The fourth-order valence-electron chi connectivity index (χ4n) is 2.54. The number of anilines is 1. The number of hydrogen-bond acceptors (Lipinski definition) is 6. The van der Waals surface area contributed by atoms with Gasteiger partial charge in [0.2, 0.25) is 0 Å². The second-order valence-electron chi connectivity index (χ2n) is 6.16. The van der Waals surface area contributed by atoms with E-state index in [1.165, 1.54) is 0 Å². The topological polar surface area (TPSA) is 90.9 Å². The Labute approximate surface area is 183 Å². The number of ether oxygens (including phenoxy) is 3. The van der Waals surface area contributed by atoms with Gasteiger partial charge in [0.15, 0.2) is 12.4 Å². The summed E-state index contributed by atoms with van der Waals surface area (Å²) in [4.78, 5) is 36.2. The highest BCUT2D eigenvalue weighted by Crippen LogP contribution is 2.29. The molecule has 0 unspecified atom stereocenters. The molecule has 1 amide bonds. The van der Waals surface area contributed by atoms with Crippen molar-refractivity contribution in [2.24, 2.45) is 0 Å². The Bertz CT molecular complexity index is 882. The van der Waals surface area contributed by atoms with Gasteiger partial charge in [-0.25, -0.2) is 0 Å². The van der Waals surface area contributed by atoms with Crippen LogP contribution in [0.1, 0.15) is 37.0 Å². The zero-order chi connectivity index (χ0) is 21.9. The Hall–Kier alpha value is -2.87. The largest absolute Gasteiger partial charge is 0.494 e. The van der Waals surface area contributed by atoms with Crippen LogP contribution in [0.3, 0.4) is 0 Å². The lowest BCUT2D eigenvalue weighted by molar-refractivity contribution is -0.147. The van der Waals surface area contributed by atoms with Gasteiger partial charge in [-0.2, -0.15) is 0 Å². The van der Waals surface area contributed by atoms with Crippen molar-refractivity contribution in [3.05, 3.63) is 52.5 Å². The number of rotatable bonds is 11. The van der Waals surface area contributed by atoms with E-state index in [0.29, 0.717) is 36.0 Å². The summed E-state index contributed by atoms with van der Waals surface area (Å²) in [6.45, 7) is 4.14. The van der Waals surface area contributed by atoms with E-state index < -0.39 is 18.5 Å². The molecule has 2 aromatic carbocycles. The first-order valence-electron chi connectivity index (χ1n) is 9.56. The molecule has 0 heterocycles. The maximum Gasteiger partial charge on any atom is 0.306 e. The Kier molecular flexibility index (Phi) is 9.34. The van der Waals surface area contributed by atoms with Crippen LogP contribution in [0, 0.1) is 0 Å². The number of carbonyl (C=O) groups is 3. The third kappa shape index (κ3) is 7.51. The number of benzene rings is 2. The van der Waals surface area contributed by atoms with Gasteiger partial charge >= 0.3 is 5.97 Å². The molecular weight excluding hydrogens is 454 g/mol. The van der Waals surface area contributed by atoms with Crippen molar-refractivity contribution in [3.8, 4) is 11.5 Å². The Morgan fingerprint density at radius 3 is 2.30 bits per heavy atom. The Morgan fingerprint density at radius 1 is 0.933 bits per heavy atom. The number of halogens is 1. The lowest BCUT2D eigenvalue weighted by Gasteiger charge is -2.13. The molecule has 0 bridgehead atoms. The molecule has 0 atom stereocenters. The van der Waals surface area contributed by atoms with Gasteiger partial charge in [-0.1, -0.05) is 28.1 Å². The molecule has 0 radical (unpaired) electrons. The smallest absolute Gasteiger partial charge is 0.306 e. The minimum Gasteiger partial charge on any atom is -0.494 e. The van der Waals surface area contributed by atoms with E-state index in [1.54, 1.807) is 42.5 Å². The van der Waals surface area contributed by atoms with Gasteiger partial charge in [0.25, 0.3) is 5.91 Å². The van der Waals surface area contributed by atoms with E-state index in [2.05, 4.69) is 21.2 Å². The van der Waals surface area contributed by atoms with Gasteiger partial charge in [0, 0.05) is 22.5 Å². The zero-order valence-electron chi connectivity index (χ0n) is 16.9. The van der Waals surface area contributed by atoms with Crippen molar-refractivity contribution in [1.29, 1.82) is 0 Å². The van der Waals surface area contributed by atoms with Gasteiger partial charge < -0.3 is 19.5 Å². The fourth-order valence-corrected chi connectivity index (χ4v) is 2.81. The summed E-state index contributed by atoms with van der Waals surface area (Å²) in [6, 6.07) is 12.0. The van der Waals surface area contributed by atoms with Crippen LogP contribution in [-0.2, 0) is 14.3 Å². The number of hydrogen-bond donors (Lipinski definition) is 1. The molecule has 160 valence electrons. The van der Waals surface area contributed by atoms with Crippen LogP contribution in [0.4, 0.5) is 5.69 Å². The monoisotopic (exact) mass is 477 g/mol. The number of esters is 1. The molecule has 30 heavy (non-hydrogen) atoms. The standard InChI is InChI=1S/C22H24BrNO6/c1-3-28-17-9-11-20(29-4-2)18(13-17)24-21(26)14-30-22(27)12-10-19(25)15-5-7-16(23)8-6-15/h5-9,11,13H,3-4,10,12,14H2,1-2H3,(H,24,26). The van der Waals surface area contributed by atoms with E-state index in [9.17, 15) is 14.4 Å². The number of Topliss-reactive ketones (excluding diaryl/α,β-unsaturated/α-hetero) is 1. The predicted molar refractivity (Wildman–Crippen MR) is 116 cm³/mol. The molecular formula is C22H24BrNO6. The number of nitrogens with one attached hydrogen (secondary N) is 1. The number of ketones is 1. The van der Waals surface area contributed by atoms with Crippen LogP contribution in [0.2, 0.25) is 0 Å². The molecule has 0 aromatic heterocycles. The molecule has 0 saturated carbocycles. The van der Waals surface area contributed by atoms with Crippen LogP contribution in [0.15, 0.2) is 46.9 Å². The highest BCUT2D eigenvalue weighted by molar-refractivity contribution is 9.10. The first-order valence-corrected chi connectivity index (χ1v) is 10.4. The molecule has 2 aromatic rings. The molecule has 0 spiro atoms. The second kappa shape index (κ2) is 12.0. The van der Waals surface area contributed by atoms with Crippen molar-refractivity contribution in [1.82, 2.24) is 0 Å². The van der Waals surface area contributed by atoms with Gasteiger partial charge in [0.1, 0.15) is 11.5 Å². The Balaban J connectivity index is 1.83. The average Bonchev–Trinajstić information content (AvgIpc) is 2.73. The van der Waals surface area contributed by atoms with Crippen molar-refractivity contribution in [3.63, 3.8) is 0 Å². The molecule has 0 fully saturated rings. The van der Waals surface area contributed by atoms with E-state index in [0.717, 1.165) is 4.47 Å². The average molecular weight is 478 g/mol. The van der Waals surface area contributed by atoms with Crippen LogP contribution in [0.5, 0.6) is 11.5 Å². The van der Waals surface area contributed by atoms with Crippen LogP contribution in [-0.4, -0.2) is 37.5 Å². The first-order chi connectivity index (χ1) is 14.4. The van der Waals surface area contributed by atoms with Gasteiger partial charge in [0.05, 0.1) is 25.3 Å². The minimum atomic E-state index is -0.622. The molecule has 0 aliphatic rings. The summed E-state index contributed by atoms with van der Waals surface area (Å²) < 4.78 is 16.8. The summed E-state index contributed by atoms with van der Waals surface area (Å²) in [6.07, 6.45) is -0.0980. The van der Waals surface area contributed by atoms with Crippen LogP contribution >= 0.6 is 15.9 Å². The van der Waals surface area contributed by atoms with Crippen molar-refractivity contribution >= 4 is 39.3 Å². The van der Waals surface area contributed by atoms with Crippen molar-refractivity contribution < 1.29 is 28.6 Å². The summed E-state index contributed by atoms with van der Waals surface area (Å²) in [5.41, 5.74) is 0.940. The first kappa shape index (κ1) is 23.4. The molecule has 2 rings (SSSR count). The summed E-state index contributed by atoms with van der Waals surface area (Å²) >= 11 is 3.30. The summed E-state index contributed by atoms with van der Waals surface area (Å²) in [5, 5.41) is 2.65. The van der Waals surface area contributed by atoms with Gasteiger partial charge in [-0.05, 0) is 38.1 Å². The van der Waals surface area contributed by atoms with E-state index in [4.69, 9.17) is 14.2 Å². The lowest BCUT2D eigenvalue weighted by atomic mass is 10.1. The quantitative estimate of drug-likeness (QED) is 0.381. The molecule has 7 nitrogen and oxygen atoms in total. The van der Waals surface area contributed by atoms with Gasteiger partial charge in [-0.3, -0.25) is 14.4 Å². The van der Waals surface area contributed by atoms with E-state index >= 15 is 0 Å². The molecule has 1 N–H and O–H groups in total. The maximum absolute atomic E-state index is 12.2. The minimum absolute atomic E-state index is 0.00692. The van der Waals surface area contributed by atoms with Crippen LogP contribution < -0.4 is 14.8 Å². The van der Waals surface area contributed by atoms with E-state index in [1.807, 2.05) is 13.8 Å². The van der Waals surface area contributed by atoms with E-state index in [-0.39, 0.29) is 18.6 Å². The molecule has 0 aliphatic carbocycles. The van der Waals surface area contributed by atoms with Gasteiger partial charge in [-0.15, -0.1) is 0 Å². The maximum atomic E-state index is 12.2. The molecule has 0 saturated heterocycles. The third-order valence-corrected chi connectivity index (χ3v) is 4.45. The third-order valence-electron chi connectivity index (χ3n) is 3.92. The number of amides is 1. The number of carbonyl (C=O) groups excluding carboxylic acids is 3. The second-order valence-corrected chi connectivity index (χ2v) is 7.08. The summed E-state index contributed by atoms with van der Waals surface area (Å²) in [5.74, 6) is -0.237. The highest BCUT2D eigenvalue weighted by atomic mass is 79.9. The van der Waals surface area contributed by atoms with Crippen LogP contribution in [0.25, 0.3) is 0 Å². The normalized spacial score (nSPS) is 10.2. The molecule has 8 heteroatoms. The fraction of sp³-hybridized carbons (Fsp3) is 0.318. The molecule has 0 aliphatic heterocycles. The Morgan fingerprint density at radius 2 is 1.63 bits per heavy atom. The highest BCUT2D eigenvalue weighted by Gasteiger charge is 2.14. The lowest BCUT2D eigenvalue weighted by Crippen LogP contribution is -2.21. The predicted octanol–water partition coefficient (Wildman–Crippen LogP) is 4.39. The SMILES string of the molecule is CCOc1ccc(OCC)c(NC(=O)COC(=O)CCC(=O)c2ccc(Br)cc2)c1.